The van der Waals surface area contributed by atoms with Gasteiger partial charge in [-0.3, -0.25) is 9.59 Å². The lowest BCUT2D eigenvalue weighted by atomic mass is 9.82. The number of carbonyl (C=O) groups is 3. The lowest BCUT2D eigenvalue weighted by Crippen LogP contribution is -2.43. The summed E-state index contributed by atoms with van der Waals surface area (Å²) in [5.41, 5.74) is 0.104. The number of carboxylic acids is 1. The van der Waals surface area contributed by atoms with Gasteiger partial charge in [0.05, 0.1) is 17.1 Å². The molecule has 2 saturated carbocycles. The van der Waals surface area contributed by atoms with E-state index in [9.17, 15) is 19.5 Å². The van der Waals surface area contributed by atoms with E-state index in [4.69, 9.17) is 0 Å². The molecule has 0 radical (unpaired) electrons. The third-order valence-corrected chi connectivity index (χ3v) is 8.51. The molecule has 0 saturated heterocycles. The summed E-state index contributed by atoms with van der Waals surface area (Å²) < 4.78 is 0. The summed E-state index contributed by atoms with van der Waals surface area (Å²) in [6.45, 7) is 10.3. The largest absolute Gasteiger partial charge is 0.477 e. The van der Waals surface area contributed by atoms with Crippen molar-refractivity contribution in [2.75, 3.05) is 11.4 Å². The Hall–Kier alpha value is -2.13. The highest BCUT2D eigenvalue weighted by Crippen LogP contribution is 2.36. The van der Waals surface area contributed by atoms with Gasteiger partial charge < -0.3 is 10.0 Å². The molecule has 35 heavy (non-hydrogen) atoms. The zero-order valence-corrected chi connectivity index (χ0v) is 22.8. The lowest BCUT2D eigenvalue weighted by molar-refractivity contribution is -0.128. The summed E-state index contributed by atoms with van der Waals surface area (Å²) in [5, 5.41) is 9.98. The van der Waals surface area contributed by atoms with Gasteiger partial charge in [-0.05, 0) is 70.8 Å². The number of carboxylic acid groups (broad SMARTS) is 1. The number of rotatable bonds is 6. The highest BCUT2D eigenvalue weighted by atomic mass is 32.1. The van der Waals surface area contributed by atoms with Crippen LogP contribution in [-0.4, -0.2) is 29.3 Å². The molecule has 192 valence electrons. The molecule has 6 heteroatoms. The molecule has 1 aromatic heterocycles. The van der Waals surface area contributed by atoms with E-state index < -0.39 is 5.97 Å². The molecule has 1 amide bonds. The first-order valence-corrected chi connectivity index (χ1v) is 14.0. The molecule has 2 aliphatic carbocycles. The molecule has 3 rings (SSSR count). The minimum Gasteiger partial charge on any atom is -0.477 e. The third kappa shape index (κ3) is 7.43. The predicted molar refractivity (Wildman–Crippen MR) is 142 cm³/mol. The van der Waals surface area contributed by atoms with Crippen LogP contribution in [0.5, 0.6) is 0 Å². The molecule has 5 nitrogen and oxygen atoms in total. The van der Waals surface area contributed by atoms with Gasteiger partial charge in [-0.1, -0.05) is 51.4 Å². The average Bonchev–Trinajstić information content (AvgIpc) is 3.10. The molecule has 0 aliphatic heterocycles. The Morgan fingerprint density at radius 1 is 1.03 bits per heavy atom. The van der Waals surface area contributed by atoms with Crippen molar-refractivity contribution in [1.29, 1.82) is 0 Å². The number of Topliss-reactive ketones (excluding diaryl/α,β-unsaturated/α-hetero) is 1. The predicted octanol–water partition coefficient (Wildman–Crippen LogP) is 6.79. The normalized spacial score (nSPS) is 25.2. The molecule has 2 atom stereocenters. The topological polar surface area (TPSA) is 74.7 Å². The van der Waals surface area contributed by atoms with Gasteiger partial charge >= 0.3 is 5.97 Å². The Balaban J connectivity index is 1.98. The van der Waals surface area contributed by atoms with Crippen LogP contribution < -0.4 is 4.90 Å². The summed E-state index contributed by atoms with van der Waals surface area (Å²) in [5.74, 6) is 5.74. The number of nitrogens with zero attached hydrogens (tertiary/aromatic N) is 1. The highest BCUT2D eigenvalue weighted by molar-refractivity contribution is 7.15. The van der Waals surface area contributed by atoms with Gasteiger partial charge in [-0.25, -0.2) is 4.79 Å². The van der Waals surface area contributed by atoms with Crippen LogP contribution in [0.25, 0.3) is 0 Å². The molecular formula is C29H41NO4S. The van der Waals surface area contributed by atoms with Crippen LogP contribution in [0.15, 0.2) is 6.07 Å². The van der Waals surface area contributed by atoms with Crippen LogP contribution in [-0.2, 0) is 9.59 Å². The molecule has 1 heterocycles. The van der Waals surface area contributed by atoms with Crippen LogP contribution in [0.1, 0.15) is 107 Å². The lowest BCUT2D eigenvalue weighted by Gasteiger charge is -2.32. The number of ketones is 1. The van der Waals surface area contributed by atoms with Gasteiger partial charge in [0, 0.05) is 17.3 Å². The molecule has 2 aliphatic rings. The number of anilines is 1. The van der Waals surface area contributed by atoms with Crippen molar-refractivity contribution in [2.45, 2.75) is 92.4 Å². The third-order valence-electron chi connectivity index (χ3n) is 7.48. The Bertz CT molecular complexity index is 985. The molecule has 0 bridgehead atoms. The first-order valence-electron chi connectivity index (χ1n) is 13.2. The van der Waals surface area contributed by atoms with Gasteiger partial charge in [-0.15, -0.1) is 11.3 Å². The fraction of sp³-hybridized carbons (Fsp3) is 0.690. The van der Waals surface area contributed by atoms with Gasteiger partial charge in [0.1, 0.15) is 4.88 Å². The summed E-state index contributed by atoms with van der Waals surface area (Å²) >= 11 is 1.09. The second kappa shape index (κ2) is 11.7. The maximum absolute atomic E-state index is 13.8. The molecular weight excluding hydrogens is 458 g/mol. The maximum atomic E-state index is 13.8. The van der Waals surface area contributed by atoms with E-state index in [-0.39, 0.29) is 46.3 Å². The van der Waals surface area contributed by atoms with Crippen molar-refractivity contribution in [3.8, 4) is 11.8 Å². The number of amides is 1. The van der Waals surface area contributed by atoms with Gasteiger partial charge in [0.25, 0.3) is 0 Å². The monoisotopic (exact) mass is 499 g/mol. The molecule has 2 fully saturated rings. The van der Waals surface area contributed by atoms with E-state index in [1.54, 1.807) is 6.07 Å². The van der Waals surface area contributed by atoms with Crippen molar-refractivity contribution < 1.29 is 19.5 Å². The first kappa shape index (κ1) is 27.5. The number of hydrogen-bond acceptors (Lipinski definition) is 4. The number of hydrogen-bond donors (Lipinski definition) is 1. The van der Waals surface area contributed by atoms with E-state index in [0.29, 0.717) is 16.5 Å². The fourth-order valence-corrected chi connectivity index (χ4v) is 6.15. The zero-order valence-electron chi connectivity index (χ0n) is 22.0. The highest BCUT2D eigenvalue weighted by Gasteiger charge is 2.35. The second-order valence-corrected chi connectivity index (χ2v) is 12.8. The fourth-order valence-electron chi connectivity index (χ4n) is 5.30. The SMILES string of the molecule is CC1CCC(C(=O)N(CC(=O)C2CCCCCC2C)c2cc(C#CC(C)(C)C)sc2C(=O)O)CC1. The first-order chi connectivity index (χ1) is 16.5. The van der Waals surface area contributed by atoms with Gasteiger partial charge in [0.2, 0.25) is 5.91 Å². The van der Waals surface area contributed by atoms with E-state index in [1.165, 1.54) is 4.90 Å². The van der Waals surface area contributed by atoms with E-state index >= 15 is 0 Å². The minimum atomic E-state index is -1.08. The average molecular weight is 500 g/mol. The molecule has 1 N–H and O–H groups in total. The maximum Gasteiger partial charge on any atom is 0.348 e. The number of carbonyl (C=O) groups excluding carboxylic acids is 2. The minimum absolute atomic E-state index is 0.0525. The molecule has 1 aromatic rings. The van der Waals surface area contributed by atoms with Crippen molar-refractivity contribution in [3.05, 3.63) is 15.8 Å². The van der Waals surface area contributed by atoms with Crippen molar-refractivity contribution in [1.82, 2.24) is 0 Å². The van der Waals surface area contributed by atoms with Gasteiger partial charge in [0.15, 0.2) is 5.78 Å². The van der Waals surface area contributed by atoms with E-state index in [1.807, 2.05) is 20.8 Å². The molecule has 0 spiro atoms. The Labute approximate surface area is 214 Å². The van der Waals surface area contributed by atoms with Crippen LogP contribution in [0, 0.1) is 40.9 Å². The number of aromatic carboxylic acids is 1. The van der Waals surface area contributed by atoms with Crippen molar-refractivity contribution in [3.63, 3.8) is 0 Å². The Morgan fingerprint density at radius 2 is 1.69 bits per heavy atom. The van der Waals surface area contributed by atoms with Crippen LogP contribution in [0.2, 0.25) is 0 Å². The second-order valence-electron chi connectivity index (χ2n) is 11.7. The summed E-state index contributed by atoms with van der Waals surface area (Å²) in [6.07, 6.45) is 8.71. The van der Waals surface area contributed by atoms with Gasteiger partial charge in [-0.2, -0.15) is 0 Å². The van der Waals surface area contributed by atoms with Crippen LogP contribution in [0.3, 0.4) is 0 Å². The van der Waals surface area contributed by atoms with E-state index in [2.05, 4.69) is 25.7 Å². The van der Waals surface area contributed by atoms with Crippen molar-refractivity contribution in [2.24, 2.45) is 29.1 Å². The number of thiophene rings is 1. The Morgan fingerprint density at radius 3 is 2.31 bits per heavy atom. The molecule has 2 unspecified atom stereocenters. The van der Waals surface area contributed by atoms with E-state index in [0.717, 1.165) is 69.1 Å². The van der Waals surface area contributed by atoms with Crippen molar-refractivity contribution >= 4 is 34.7 Å². The summed E-state index contributed by atoms with van der Waals surface area (Å²) in [4.78, 5) is 41.8. The Kier molecular flexibility index (Phi) is 9.21. The van der Waals surface area contributed by atoms with Crippen LogP contribution >= 0.6 is 11.3 Å². The smallest absolute Gasteiger partial charge is 0.348 e. The summed E-state index contributed by atoms with van der Waals surface area (Å²) in [7, 11) is 0. The van der Waals surface area contributed by atoms with Crippen LogP contribution in [0.4, 0.5) is 5.69 Å². The summed E-state index contributed by atoms with van der Waals surface area (Å²) in [6, 6.07) is 1.71. The molecule has 0 aromatic carbocycles. The zero-order chi connectivity index (χ0) is 25.8. The standard InChI is InChI=1S/C29H41NO4S/c1-19-11-13-21(14-12-19)27(32)30(18-25(31)23-10-8-6-7-9-20(23)2)24-17-22(15-16-29(3,4)5)35-26(24)28(33)34/h17,19-21,23H,6-14,18H2,1-5H3,(H,33,34). The quantitative estimate of drug-likeness (QED) is 0.345.